The first-order chi connectivity index (χ1) is 12.8. The van der Waals surface area contributed by atoms with Crippen LogP contribution in [-0.2, 0) is 16.3 Å². The zero-order chi connectivity index (χ0) is 17.8. The number of carbonyl (C=O) groups is 1. The van der Waals surface area contributed by atoms with Crippen LogP contribution in [-0.4, -0.2) is 28.1 Å². The summed E-state index contributed by atoms with van der Waals surface area (Å²) >= 11 is 3.02. The Hall–Kier alpha value is -2.38. The Kier molecular flexibility index (Phi) is 5.17. The van der Waals surface area contributed by atoms with E-state index in [1.807, 2.05) is 36.4 Å². The van der Waals surface area contributed by atoms with E-state index >= 15 is 0 Å². The van der Waals surface area contributed by atoms with E-state index in [1.54, 1.807) is 0 Å². The molecule has 0 saturated carbocycles. The molecule has 1 amide bonds. The van der Waals surface area contributed by atoms with Gasteiger partial charge in [-0.05, 0) is 11.1 Å². The molecule has 0 radical (unpaired) electrons. The molecule has 0 fully saturated rings. The van der Waals surface area contributed by atoms with Crippen molar-refractivity contribution in [2.75, 3.05) is 0 Å². The summed E-state index contributed by atoms with van der Waals surface area (Å²) in [7, 11) is 0. The van der Waals surface area contributed by atoms with Crippen molar-refractivity contribution in [1.82, 2.24) is 5.32 Å². The molecule has 5 nitrogen and oxygen atoms in total. The van der Waals surface area contributed by atoms with Crippen molar-refractivity contribution < 1.29 is 4.79 Å². The molecule has 2 aliphatic rings. The average Bonchev–Trinajstić information content (AvgIpc) is 3.10. The molecule has 4 rings (SSSR count). The number of hydrogen-bond donors (Lipinski definition) is 1. The summed E-state index contributed by atoms with van der Waals surface area (Å²) in [5.41, 5.74) is 2.38. The topological polar surface area (TPSA) is 66.2 Å². The third kappa shape index (κ3) is 4.05. The molecular formula is C19H16N4OS2. The van der Waals surface area contributed by atoms with E-state index in [0.717, 1.165) is 11.5 Å². The second-order valence-electron chi connectivity index (χ2n) is 5.74. The van der Waals surface area contributed by atoms with Crippen molar-refractivity contribution in [3.8, 4) is 0 Å². The van der Waals surface area contributed by atoms with Gasteiger partial charge < -0.3 is 5.32 Å². The number of nitrogens with zero attached hydrogens (tertiary/aromatic N) is 3. The molecule has 2 heterocycles. The monoisotopic (exact) mass is 380 g/mol. The highest BCUT2D eigenvalue weighted by atomic mass is 32.2. The quantitative estimate of drug-likeness (QED) is 0.883. The first-order valence-corrected chi connectivity index (χ1v) is 10.1. The molecule has 2 aliphatic heterocycles. The molecule has 2 aromatic carbocycles. The third-order valence-corrected chi connectivity index (χ3v) is 5.70. The number of carbonyl (C=O) groups excluding carboxylic acids is 1. The lowest BCUT2D eigenvalue weighted by molar-refractivity contribution is -0.119. The van der Waals surface area contributed by atoms with E-state index in [4.69, 9.17) is 0 Å². The predicted molar refractivity (Wildman–Crippen MR) is 110 cm³/mol. The van der Waals surface area contributed by atoms with Gasteiger partial charge in [0.1, 0.15) is 0 Å². The normalized spacial score (nSPS) is 18.5. The van der Waals surface area contributed by atoms with Crippen molar-refractivity contribution >= 4 is 45.6 Å². The van der Waals surface area contributed by atoms with Gasteiger partial charge in [0, 0.05) is 11.5 Å². The van der Waals surface area contributed by atoms with E-state index in [-0.39, 0.29) is 5.91 Å². The van der Waals surface area contributed by atoms with Crippen LogP contribution in [0.5, 0.6) is 0 Å². The van der Waals surface area contributed by atoms with Crippen molar-refractivity contribution in [3.05, 3.63) is 71.8 Å². The fourth-order valence-corrected chi connectivity index (χ4v) is 4.16. The van der Waals surface area contributed by atoms with Gasteiger partial charge in [-0.2, -0.15) is 0 Å². The highest BCUT2D eigenvalue weighted by Gasteiger charge is 2.34. The number of aliphatic imine (C=N–C) groups is 3. The van der Waals surface area contributed by atoms with Gasteiger partial charge in [0.25, 0.3) is 5.91 Å². The van der Waals surface area contributed by atoms with Gasteiger partial charge in [-0.15, -0.1) is 0 Å². The summed E-state index contributed by atoms with van der Waals surface area (Å²) in [4.78, 5) is 25.7. The Labute approximate surface area is 160 Å². The molecule has 1 N–H and O–H groups in total. The number of amidine groups is 3. The fraction of sp³-hybridized carbons (Fsp3) is 0.158. The van der Waals surface area contributed by atoms with Gasteiger partial charge in [0.15, 0.2) is 22.2 Å². The van der Waals surface area contributed by atoms with Crippen LogP contribution in [0.4, 0.5) is 0 Å². The molecule has 130 valence electrons. The summed E-state index contributed by atoms with van der Waals surface area (Å²) in [5, 5.41) is 4.02. The van der Waals surface area contributed by atoms with Crippen LogP contribution in [0.15, 0.2) is 75.6 Å². The Balaban J connectivity index is 1.41. The molecule has 7 heteroatoms. The number of thioether (sulfide) groups is 2. The fourth-order valence-electron chi connectivity index (χ4n) is 2.51. The third-order valence-electron chi connectivity index (χ3n) is 3.82. The lowest BCUT2D eigenvalue weighted by Crippen LogP contribution is -2.44. The summed E-state index contributed by atoms with van der Waals surface area (Å²) < 4.78 is 0. The molecule has 0 saturated heterocycles. The maximum Gasteiger partial charge on any atom is 0.258 e. The van der Waals surface area contributed by atoms with Gasteiger partial charge in [0.2, 0.25) is 0 Å². The van der Waals surface area contributed by atoms with E-state index < -0.39 is 6.04 Å². The second-order valence-corrected chi connectivity index (χ2v) is 7.65. The van der Waals surface area contributed by atoms with E-state index in [9.17, 15) is 4.79 Å². The smallest absolute Gasteiger partial charge is 0.258 e. The number of nitrogens with one attached hydrogen (secondary N) is 1. The van der Waals surface area contributed by atoms with E-state index in [0.29, 0.717) is 16.2 Å². The van der Waals surface area contributed by atoms with Crippen LogP contribution >= 0.6 is 23.5 Å². The average molecular weight is 380 g/mol. The first kappa shape index (κ1) is 17.1. The Morgan fingerprint density at radius 2 is 1.46 bits per heavy atom. The summed E-state index contributed by atoms with van der Waals surface area (Å²) in [5.74, 6) is 1.84. The zero-order valence-corrected chi connectivity index (χ0v) is 15.5. The van der Waals surface area contributed by atoms with Gasteiger partial charge >= 0.3 is 0 Å². The number of amides is 1. The summed E-state index contributed by atoms with van der Waals surface area (Å²) in [6.45, 7) is 0. The lowest BCUT2D eigenvalue weighted by atomic mass is 10.2. The SMILES string of the molecule is O=C1NC(SCc2ccccc2)=NC2=NC(SCc3ccccc3)=NC12. The maximum atomic E-state index is 12.3. The first-order valence-electron chi connectivity index (χ1n) is 8.17. The predicted octanol–water partition coefficient (Wildman–Crippen LogP) is 3.48. The Bertz CT molecular complexity index is 894. The number of hydrogen-bond acceptors (Lipinski definition) is 6. The molecule has 1 unspecified atom stereocenters. The van der Waals surface area contributed by atoms with Crippen molar-refractivity contribution in [1.29, 1.82) is 0 Å². The molecule has 0 bridgehead atoms. The molecule has 0 spiro atoms. The Morgan fingerprint density at radius 1 is 0.846 bits per heavy atom. The van der Waals surface area contributed by atoms with Gasteiger partial charge in [-0.25, -0.2) is 15.0 Å². The molecular weight excluding hydrogens is 364 g/mol. The van der Waals surface area contributed by atoms with Crippen LogP contribution < -0.4 is 5.32 Å². The number of benzene rings is 2. The maximum absolute atomic E-state index is 12.3. The molecule has 2 aromatic rings. The van der Waals surface area contributed by atoms with E-state index in [2.05, 4.69) is 44.6 Å². The zero-order valence-electron chi connectivity index (χ0n) is 13.8. The molecule has 0 aromatic heterocycles. The van der Waals surface area contributed by atoms with Crippen LogP contribution in [0.25, 0.3) is 0 Å². The number of rotatable bonds is 4. The Morgan fingerprint density at radius 3 is 2.12 bits per heavy atom. The van der Waals surface area contributed by atoms with Crippen molar-refractivity contribution in [2.45, 2.75) is 17.5 Å². The lowest BCUT2D eigenvalue weighted by Gasteiger charge is -2.16. The number of fused-ring (bicyclic) bond motifs is 1. The van der Waals surface area contributed by atoms with E-state index in [1.165, 1.54) is 34.7 Å². The van der Waals surface area contributed by atoms with Gasteiger partial charge in [-0.3, -0.25) is 4.79 Å². The molecule has 26 heavy (non-hydrogen) atoms. The minimum Gasteiger partial charge on any atom is -0.303 e. The minimum atomic E-state index is -0.616. The minimum absolute atomic E-state index is 0.162. The summed E-state index contributed by atoms with van der Waals surface area (Å²) in [6, 6.07) is 19.6. The van der Waals surface area contributed by atoms with Gasteiger partial charge in [0.05, 0.1) is 0 Å². The molecule has 1 atom stereocenters. The second kappa shape index (κ2) is 7.88. The van der Waals surface area contributed by atoms with Crippen molar-refractivity contribution in [3.63, 3.8) is 0 Å². The highest BCUT2D eigenvalue weighted by Crippen LogP contribution is 2.23. The van der Waals surface area contributed by atoms with Crippen LogP contribution in [0.3, 0.4) is 0 Å². The van der Waals surface area contributed by atoms with Gasteiger partial charge in [-0.1, -0.05) is 84.2 Å². The van der Waals surface area contributed by atoms with Crippen LogP contribution in [0.1, 0.15) is 11.1 Å². The molecule has 0 aliphatic carbocycles. The summed E-state index contributed by atoms with van der Waals surface area (Å²) in [6.07, 6.45) is 0. The van der Waals surface area contributed by atoms with Crippen LogP contribution in [0.2, 0.25) is 0 Å². The largest absolute Gasteiger partial charge is 0.303 e. The van der Waals surface area contributed by atoms with Crippen molar-refractivity contribution in [2.24, 2.45) is 15.0 Å². The van der Waals surface area contributed by atoms with Crippen LogP contribution in [0, 0.1) is 0 Å². The highest BCUT2D eigenvalue weighted by molar-refractivity contribution is 8.13. The standard InChI is InChI=1S/C19H16N4OS2/c24-17-15-16(21-18(20-15)25-11-13-7-3-1-4-8-13)22-19(23-17)26-12-14-9-5-2-6-10-14/h1-10,15H,11-12H2,(H,20,21,22,23,24).